The van der Waals surface area contributed by atoms with Crippen LogP contribution in [0.5, 0.6) is 11.5 Å². The van der Waals surface area contributed by atoms with Gasteiger partial charge in [-0.1, -0.05) is 40.5 Å². The van der Waals surface area contributed by atoms with Crippen molar-refractivity contribution >= 4 is 12.1 Å². The topological polar surface area (TPSA) is 146 Å². The molecule has 0 amide bonds. The van der Waals surface area contributed by atoms with Crippen LogP contribution in [0.2, 0.25) is 0 Å². The van der Waals surface area contributed by atoms with Crippen LogP contribution in [0.15, 0.2) is 6.07 Å². The van der Waals surface area contributed by atoms with Crippen LogP contribution in [0, 0.1) is 11.8 Å². The van der Waals surface area contributed by atoms with Gasteiger partial charge in [0.2, 0.25) is 0 Å². The number of rotatable bonds is 11. The molecule has 9 nitrogen and oxygen atoms in total. The Hall–Kier alpha value is -2.04. The maximum atomic E-state index is 13.8. The highest BCUT2D eigenvalue weighted by molar-refractivity contribution is 6.04. The SMILES string of the molecule is CCCC[C@H](C(=O)c1cc([C@H](OC)C(C)C)c(O)c(C=O)c1O)[C@H]1C[C@@H](O)[C@@]2(O[C@H]2CC)[C@H](O)O1. The van der Waals surface area contributed by atoms with E-state index in [1.807, 2.05) is 27.7 Å². The molecule has 2 saturated heterocycles. The summed E-state index contributed by atoms with van der Waals surface area (Å²) in [5, 5.41) is 42.9. The molecule has 3 rings (SSSR count). The molecule has 9 heteroatoms. The Labute approximate surface area is 206 Å². The number of aromatic hydroxyl groups is 2. The minimum absolute atomic E-state index is 0.0760. The van der Waals surface area contributed by atoms with Crippen LogP contribution in [-0.4, -0.2) is 69.8 Å². The molecule has 0 aliphatic carbocycles. The van der Waals surface area contributed by atoms with E-state index in [1.54, 1.807) is 0 Å². The van der Waals surface area contributed by atoms with E-state index in [0.717, 1.165) is 6.42 Å². The largest absolute Gasteiger partial charge is 0.507 e. The number of benzene rings is 1. The molecule has 1 spiro atoms. The summed E-state index contributed by atoms with van der Waals surface area (Å²) in [6, 6.07) is 1.36. The van der Waals surface area contributed by atoms with E-state index in [-0.39, 0.29) is 35.1 Å². The van der Waals surface area contributed by atoms with Gasteiger partial charge in [0.1, 0.15) is 11.5 Å². The van der Waals surface area contributed by atoms with Gasteiger partial charge in [0.25, 0.3) is 0 Å². The number of carbonyl (C=O) groups is 2. The maximum absolute atomic E-state index is 13.8. The molecular weight excluding hydrogens is 456 g/mol. The first kappa shape index (κ1) is 27.5. The average Bonchev–Trinajstić information content (AvgIpc) is 3.56. The van der Waals surface area contributed by atoms with Gasteiger partial charge >= 0.3 is 0 Å². The number of ketones is 1. The molecule has 0 bridgehead atoms. The Morgan fingerprint density at radius 2 is 1.94 bits per heavy atom. The predicted octanol–water partition coefficient (Wildman–Crippen LogP) is 3.26. The summed E-state index contributed by atoms with van der Waals surface area (Å²) >= 11 is 0. The van der Waals surface area contributed by atoms with Crippen LogP contribution < -0.4 is 0 Å². The molecule has 2 heterocycles. The van der Waals surface area contributed by atoms with Crippen LogP contribution in [0.25, 0.3) is 0 Å². The fraction of sp³-hybridized carbons (Fsp3) is 0.692. The lowest BCUT2D eigenvalue weighted by atomic mass is 9.79. The molecule has 0 aromatic heterocycles. The Balaban J connectivity index is 2.01. The van der Waals surface area contributed by atoms with E-state index in [1.165, 1.54) is 13.2 Å². The van der Waals surface area contributed by atoms with Gasteiger partial charge in [-0.05, 0) is 24.8 Å². The lowest BCUT2D eigenvalue weighted by Crippen LogP contribution is -2.55. The number of ether oxygens (including phenoxy) is 3. The number of phenols is 2. The second-order valence-corrected chi connectivity index (χ2v) is 9.90. The summed E-state index contributed by atoms with van der Waals surface area (Å²) in [6.07, 6.45) is -1.36. The molecule has 1 aromatic rings. The van der Waals surface area contributed by atoms with Crippen LogP contribution in [0.4, 0.5) is 0 Å². The van der Waals surface area contributed by atoms with Crippen LogP contribution in [0.1, 0.15) is 92.2 Å². The first-order valence-corrected chi connectivity index (χ1v) is 12.4. The molecule has 0 unspecified atom stereocenters. The highest BCUT2D eigenvalue weighted by Crippen LogP contribution is 2.50. The summed E-state index contributed by atoms with van der Waals surface area (Å²) in [5.41, 5.74) is -1.47. The minimum Gasteiger partial charge on any atom is -0.507 e. The molecule has 2 fully saturated rings. The number of hydrogen-bond donors (Lipinski definition) is 4. The predicted molar refractivity (Wildman–Crippen MR) is 126 cm³/mol. The number of epoxide rings is 1. The molecule has 4 N–H and O–H groups in total. The van der Waals surface area contributed by atoms with E-state index < -0.39 is 53.4 Å². The number of Topliss-reactive ketones (excluding diaryl/α,β-unsaturated/α-hetero) is 1. The van der Waals surface area contributed by atoms with Gasteiger partial charge < -0.3 is 34.6 Å². The quantitative estimate of drug-likeness (QED) is 0.207. The Morgan fingerprint density at radius 3 is 2.43 bits per heavy atom. The molecule has 1 aromatic carbocycles. The zero-order valence-corrected chi connectivity index (χ0v) is 21.1. The first-order valence-electron chi connectivity index (χ1n) is 12.4. The second-order valence-electron chi connectivity index (χ2n) is 9.90. The van der Waals surface area contributed by atoms with E-state index >= 15 is 0 Å². The molecule has 35 heavy (non-hydrogen) atoms. The number of aldehydes is 1. The van der Waals surface area contributed by atoms with Crippen molar-refractivity contribution in [3.8, 4) is 11.5 Å². The minimum atomic E-state index is -1.40. The van der Waals surface area contributed by atoms with Crippen molar-refractivity contribution < 1.29 is 44.2 Å². The van der Waals surface area contributed by atoms with Gasteiger partial charge in [-0.15, -0.1) is 0 Å². The van der Waals surface area contributed by atoms with Crippen LogP contribution in [0.3, 0.4) is 0 Å². The van der Waals surface area contributed by atoms with Gasteiger partial charge in [-0.2, -0.15) is 0 Å². The van der Waals surface area contributed by atoms with Crippen molar-refractivity contribution in [2.45, 2.75) is 96.1 Å². The Bertz CT molecular complexity index is 916. The molecule has 2 aliphatic rings. The summed E-state index contributed by atoms with van der Waals surface area (Å²) < 4.78 is 16.9. The third-order valence-electron chi connectivity index (χ3n) is 7.37. The molecule has 2 aliphatic heterocycles. The van der Waals surface area contributed by atoms with Crippen LogP contribution >= 0.6 is 0 Å². The third kappa shape index (κ3) is 4.84. The van der Waals surface area contributed by atoms with Crippen molar-refractivity contribution in [3.05, 3.63) is 22.8 Å². The molecule has 0 radical (unpaired) electrons. The van der Waals surface area contributed by atoms with E-state index in [0.29, 0.717) is 25.5 Å². The van der Waals surface area contributed by atoms with E-state index in [2.05, 4.69) is 0 Å². The molecule has 0 saturated carbocycles. The molecule has 196 valence electrons. The average molecular weight is 495 g/mol. The third-order valence-corrected chi connectivity index (χ3v) is 7.37. The van der Waals surface area contributed by atoms with Gasteiger partial charge in [-0.3, -0.25) is 9.59 Å². The number of aliphatic hydroxyl groups is 2. The van der Waals surface area contributed by atoms with Crippen molar-refractivity contribution in [1.29, 1.82) is 0 Å². The highest BCUT2D eigenvalue weighted by Gasteiger charge is 2.68. The maximum Gasteiger partial charge on any atom is 0.189 e. The zero-order valence-electron chi connectivity index (χ0n) is 21.1. The van der Waals surface area contributed by atoms with Gasteiger partial charge in [0, 0.05) is 25.0 Å². The fourth-order valence-corrected chi connectivity index (χ4v) is 5.37. The number of hydrogen-bond acceptors (Lipinski definition) is 9. The van der Waals surface area contributed by atoms with E-state index in [4.69, 9.17) is 14.2 Å². The first-order chi connectivity index (χ1) is 16.6. The number of phenolic OH excluding ortho intramolecular Hbond substituents is 2. The zero-order chi connectivity index (χ0) is 26.1. The number of carbonyl (C=O) groups excluding carboxylic acids is 2. The number of aliphatic hydroxyl groups excluding tert-OH is 2. The Morgan fingerprint density at radius 1 is 1.26 bits per heavy atom. The molecule has 7 atom stereocenters. The van der Waals surface area contributed by atoms with Crippen LogP contribution in [-0.2, 0) is 14.2 Å². The van der Waals surface area contributed by atoms with Crippen molar-refractivity contribution in [2.75, 3.05) is 7.11 Å². The van der Waals surface area contributed by atoms with Crippen molar-refractivity contribution in [2.24, 2.45) is 11.8 Å². The van der Waals surface area contributed by atoms with Crippen molar-refractivity contribution in [3.63, 3.8) is 0 Å². The summed E-state index contributed by atoms with van der Waals surface area (Å²) in [5.74, 6) is -2.45. The Kier molecular flexibility index (Phi) is 8.60. The monoisotopic (exact) mass is 494 g/mol. The number of methoxy groups -OCH3 is 1. The summed E-state index contributed by atoms with van der Waals surface area (Å²) in [4.78, 5) is 25.6. The van der Waals surface area contributed by atoms with Gasteiger partial charge in [0.05, 0.1) is 35.5 Å². The summed E-state index contributed by atoms with van der Waals surface area (Å²) in [7, 11) is 1.46. The van der Waals surface area contributed by atoms with Gasteiger partial charge in [0.15, 0.2) is 24.0 Å². The smallest absolute Gasteiger partial charge is 0.189 e. The standard InChI is InChI=1S/C26H38O9/c1-6-8-9-14(18-11-19(28)26(25(32)34-18)20(7-2)35-26)21(29)15-10-16(24(33-5)13(3)4)23(31)17(12-27)22(15)30/h10,12-14,18-20,24-25,28,30-32H,6-9,11H2,1-5H3/t14-,18+,19+,20-,24+,25+,26-/m0/s1. The second kappa shape index (κ2) is 10.9. The lowest BCUT2D eigenvalue weighted by molar-refractivity contribution is -0.239. The lowest BCUT2D eigenvalue weighted by Gasteiger charge is -2.39. The number of unbranched alkanes of at least 4 members (excludes halogenated alkanes) is 1. The summed E-state index contributed by atoms with van der Waals surface area (Å²) in [6.45, 7) is 7.59. The highest BCUT2D eigenvalue weighted by atomic mass is 16.7. The molecular formula is C26H38O9. The van der Waals surface area contributed by atoms with Crippen molar-refractivity contribution in [1.82, 2.24) is 0 Å². The normalized spacial score (nSPS) is 29.8. The van der Waals surface area contributed by atoms with E-state index in [9.17, 15) is 30.0 Å². The van der Waals surface area contributed by atoms with Gasteiger partial charge in [-0.25, -0.2) is 0 Å². The fourth-order valence-electron chi connectivity index (χ4n) is 5.37.